The molecule has 0 fully saturated rings. The molecule has 35 heavy (non-hydrogen) atoms. The molecule has 0 unspecified atom stereocenters. The molecule has 1 amide bonds. The second-order valence-electron chi connectivity index (χ2n) is 7.88. The number of hydrazone groups is 1. The number of halogens is 1. The van der Waals surface area contributed by atoms with E-state index >= 15 is 0 Å². The zero-order chi connectivity index (χ0) is 25.4. The molecule has 0 aliphatic rings. The largest absolute Gasteiger partial charge is 0.490 e. The van der Waals surface area contributed by atoms with Crippen molar-refractivity contribution in [2.45, 2.75) is 33.8 Å². The first-order chi connectivity index (χ1) is 16.8. The van der Waals surface area contributed by atoms with Crippen LogP contribution in [0.25, 0.3) is 0 Å². The summed E-state index contributed by atoms with van der Waals surface area (Å²) < 4.78 is 12.3. The van der Waals surface area contributed by atoms with Crippen LogP contribution in [0.4, 0.5) is 5.69 Å². The second-order valence-corrected chi connectivity index (χ2v) is 8.73. The predicted octanol–water partition coefficient (Wildman–Crippen LogP) is 5.64. The van der Waals surface area contributed by atoms with Gasteiger partial charge in [-0.3, -0.25) is 14.9 Å². The lowest BCUT2D eigenvalue weighted by Crippen LogP contribution is -2.20. The first kappa shape index (κ1) is 25.9. The van der Waals surface area contributed by atoms with Crippen molar-refractivity contribution < 1.29 is 19.2 Å². The van der Waals surface area contributed by atoms with E-state index in [0.29, 0.717) is 28.1 Å². The summed E-state index contributed by atoms with van der Waals surface area (Å²) in [4.78, 5) is 22.7. The van der Waals surface area contributed by atoms with E-state index in [4.69, 9.17) is 9.47 Å². The highest BCUT2D eigenvalue weighted by molar-refractivity contribution is 9.10. The Morgan fingerprint density at radius 1 is 1.11 bits per heavy atom. The van der Waals surface area contributed by atoms with Crippen LogP contribution in [0, 0.1) is 24.0 Å². The van der Waals surface area contributed by atoms with Gasteiger partial charge in [0.05, 0.1) is 28.6 Å². The van der Waals surface area contributed by atoms with Crippen molar-refractivity contribution >= 4 is 33.7 Å². The van der Waals surface area contributed by atoms with Gasteiger partial charge in [0, 0.05) is 12.1 Å². The number of carbonyl (C=O) groups is 1. The number of aryl methyl sites for hydroxylation is 2. The normalized spacial score (nSPS) is 10.9. The van der Waals surface area contributed by atoms with Crippen molar-refractivity contribution in [3.8, 4) is 11.5 Å². The minimum absolute atomic E-state index is 0.0229. The van der Waals surface area contributed by atoms with E-state index in [1.807, 2.05) is 39.0 Å². The van der Waals surface area contributed by atoms with Crippen LogP contribution >= 0.6 is 15.9 Å². The zero-order valence-corrected chi connectivity index (χ0v) is 21.3. The van der Waals surface area contributed by atoms with Gasteiger partial charge in [0.25, 0.3) is 5.69 Å². The number of hydrogen-bond acceptors (Lipinski definition) is 6. The third-order valence-electron chi connectivity index (χ3n) is 5.12. The molecule has 0 saturated heterocycles. The van der Waals surface area contributed by atoms with E-state index in [9.17, 15) is 14.9 Å². The Balaban J connectivity index is 1.67. The van der Waals surface area contributed by atoms with Crippen LogP contribution in [0.2, 0.25) is 0 Å². The number of amides is 1. The maximum atomic E-state index is 12.3. The maximum absolute atomic E-state index is 12.3. The average Bonchev–Trinajstić information content (AvgIpc) is 2.81. The lowest BCUT2D eigenvalue weighted by Gasteiger charge is -2.14. The fraction of sp³-hybridized carbons (Fsp3) is 0.231. The second kappa shape index (κ2) is 12.1. The molecule has 3 aromatic rings. The molecular weight excluding hydrogens is 514 g/mol. The molecule has 0 aliphatic heterocycles. The van der Waals surface area contributed by atoms with Crippen molar-refractivity contribution in [2.24, 2.45) is 5.10 Å². The highest BCUT2D eigenvalue weighted by Gasteiger charge is 2.13. The Bertz CT molecular complexity index is 1240. The third-order valence-corrected chi connectivity index (χ3v) is 5.71. The van der Waals surface area contributed by atoms with E-state index in [-0.39, 0.29) is 24.6 Å². The number of nitrogens with one attached hydrogen (secondary N) is 1. The summed E-state index contributed by atoms with van der Waals surface area (Å²) in [5.41, 5.74) is 7.20. The van der Waals surface area contributed by atoms with Crippen LogP contribution in [-0.4, -0.2) is 23.7 Å². The lowest BCUT2D eigenvalue weighted by molar-refractivity contribution is -0.384. The van der Waals surface area contributed by atoms with E-state index < -0.39 is 4.92 Å². The van der Waals surface area contributed by atoms with Crippen LogP contribution in [0.1, 0.15) is 34.7 Å². The first-order valence-electron chi connectivity index (χ1n) is 11.0. The number of nitro groups is 1. The highest BCUT2D eigenvalue weighted by Crippen LogP contribution is 2.37. The van der Waals surface area contributed by atoms with Gasteiger partial charge in [-0.2, -0.15) is 5.10 Å². The van der Waals surface area contributed by atoms with Gasteiger partial charge in [0.2, 0.25) is 5.91 Å². The van der Waals surface area contributed by atoms with Crippen LogP contribution < -0.4 is 14.9 Å². The fourth-order valence-electron chi connectivity index (χ4n) is 3.32. The third kappa shape index (κ3) is 7.38. The molecule has 3 rings (SSSR count). The van der Waals surface area contributed by atoms with E-state index in [1.54, 1.807) is 24.3 Å². The van der Waals surface area contributed by atoms with E-state index in [1.165, 1.54) is 18.3 Å². The summed E-state index contributed by atoms with van der Waals surface area (Å²) in [5.74, 6) is 0.801. The average molecular weight is 540 g/mol. The van der Waals surface area contributed by atoms with Gasteiger partial charge in [-0.25, -0.2) is 5.43 Å². The highest BCUT2D eigenvalue weighted by atomic mass is 79.9. The fourth-order valence-corrected chi connectivity index (χ4v) is 3.89. The monoisotopic (exact) mass is 539 g/mol. The van der Waals surface area contributed by atoms with Gasteiger partial charge >= 0.3 is 0 Å². The molecule has 0 spiro atoms. The number of rotatable bonds is 10. The number of carbonyl (C=O) groups excluding carboxylic acids is 1. The van der Waals surface area contributed by atoms with Gasteiger partial charge in [-0.1, -0.05) is 23.8 Å². The Morgan fingerprint density at radius 2 is 1.86 bits per heavy atom. The van der Waals surface area contributed by atoms with Gasteiger partial charge in [-0.05, 0) is 83.2 Å². The Labute approximate surface area is 212 Å². The molecular formula is C26H26BrN3O5. The number of non-ortho nitro benzene ring substituents is 1. The van der Waals surface area contributed by atoms with Crippen molar-refractivity contribution in [2.75, 3.05) is 6.61 Å². The molecule has 0 heterocycles. The Morgan fingerprint density at radius 3 is 2.54 bits per heavy atom. The number of hydrogen-bond donors (Lipinski definition) is 1. The van der Waals surface area contributed by atoms with Crippen LogP contribution in [0.3, 0.4) is 0 Å². The van der Waals surface area contributed by atoms with Crippen LogP contribution in [-0.2, 0) is 17.8 Å². The number of benzene rings is 3. The van der Waals surface area contributed by atoms with Crippen molar-refractivity contribution in [1.29, 1.82) is 0 Å². The molecule has 0 saturated carbocycles. The summed E-state index contributed by atoms with van der Waals surface area (Å²) in [6, 6.07) is 15.7. The molecule has 0 atom stereocenters. The summed E-state index contributed by atoms with van der Waals surface area (Å²) in [6.45, 7) is 6.46. The number of nitrogens with zero attached hydrogens (tertiary/aromatic N) is 2. The maximum Gasteiger partial charge on any atom is 0.269 e. The number of ether oxygens (including phenoxy) is 2. The number of nitro benzene ring substituents is 1. The van der Waals surface area contributed by atoms with Crippen molar-refractivity contribution in [3.63, 3.8) is 0 Å². The van der Waals surface area contributed by atoms with Gasteiger partial charge in [0.1, 0.15) is 6.61 Å². The van der Waals surface area contributed by atoms with Crippen molar-refractivity contribution in [1.82, 2.24) is 5.43 Å². The molecule has 3 aromatic carbocycles. The van der Waals surface area contributed by atoms with Gasteiger partial charge in [-0.15, -0.1) is 0 Å². The Hall–Kier alpha value is -3.72. The summed E-state index contributed by atoms with van der Waals surface area (Å²) in [5, 5.41) is 14.9. The summed E-state index contributed by atoms with van der Waals surface area (Å²) >= 11 is 3.51. The predicted molar refractivity (Wildman–Crippen MR) is 138 cm³/mol. The van der Waals surface area contributed by atoms with Crippen molar-refractivity contribution in [3.05, 3.63) is 97.0 Å². The molecule has 0 aliphatic carbocycles. The molecule has 0 radical (unpaired) electrons. The Kier molecular flexibility index (Phi) is 8.97. The standard InChI is InChI=1S/C26H26BrN3O5/c1-4-34-24-13-20(15-28-29-25(31)14-21-11-17(2)5-6-18(21)3)12-23(27)26(24)35-16-19-7-9-22(10-8-19)30(32)33/h5-13,15H,4,14,16H2,1-3H3,(H,29,31)/b28-15+. The van der Waals surface area contributed by atoms with Crippen LogP contribution in [0.15, 0.2) is 64.2 Å². The minimum atomic E-state index is -0.444. The smallest absolute Gasteiger partial charge is 0.269 e. The van der Waals surface area contributed by atoms with Gasteiger partial charge in [0.15, 0.2) is 11.5 Å². The quantitative estimate of drug-likeness (QED) is 0.204. The topological polar surface area (TPSA) is 103 Å². The van der Waals surface area contributed by atoms with Gasteiger partial charge < -0.3 is 9.47 Å². The van der Waals surface area contributed by atoms with E-state index in [2.05, 4.69) is 26.5 Å². The van der Waals surface area contributed by atoms with E-state index in [0.717, 1.165) is 22.3 Å². The summed E-state index contributed by atoms with van der Waals surface area (Å²) in [7, 11) is 0. The molecule has 9 heteroatoms. The summed E-state index contributed by atoms with van der Waals surface area (Å²) in [6.07, 6.45) is 1.78. The first-order valence-corrected chi connectivity index (χ1v) is 11.8. The van der Waals surface area contributed by atoms with Crippen LogP contribution in [0.5, 0.6) is 11.5 Å². The molecule has 182 valence electrons. The molecule has 8 nitrogen and oxygen atoms in total. The lowest BCUT2D eigenvalue weighted by atomic mass is 10.0. The molecule has 0 bridgehead atoms. The molecule has 0 aromatic heterocycles. The SMILES string of the molecule is CCOc1cc(/C=N/NC(=O)Cc2cc(C)ccc2C)cc(Br)c1OCc1ccc([N+](=O)[O-])cc1. The minimum Gasteiger partial charge on any atom is -0.490 e. The molecule has 1 N–H and O–H groups in total. The zero-order valence-electron chi connectivity index (χ0n) is 19.7.